The number of amides is 1. The van der Waals surface area contributed by atoms with Crippen LogP contribution in [0.15, 0.2) is 0 Å². The van der Waals surface area contributed by atoms with Gasteiger partial charge in [0.15, 0.2) is 0 Å². The van der Waals surface area contributed by atoms with Crippen molar-refractivity contribution < 1.29 is 14.3 Å². The standard InChI is InChI=1S/C17H32N2O3/c1-17(2,3)22-16(20)19-11-14-5-4-6-15(14)18-9-10-21-12-13-7-8-13/h13-15,18H,4-12H2,1-3H3,(H,19,20). The van der Waals surface area contributed by atoms with Gasteiger partial charge in [0.1, 0.15) is 5.60 Å². The van der Waals surface area contributed by atoms with E-state index in [-0.39, 0.29) is 6.09 Å². The number of rotatable bonds is 8. The van der Waals surface area contributed by atoms with Crippen molar-refractivity contribution in [3.8, 4) is 0 Å². The molecule has 0 heterocycles. The summed E-state index contributed by atoms with van der Waals surface area (Å²) >= 11 is 0. The fourth-order valence-electron chi connectivity index (χ4n) is 2.93. The molecule has 2 aliphatic rings. The third kappa shape index (κ3) is 6.97. The lowest BCUT2D eigenvalue weighted by Gasteiger charge is -2.23. The second-order valence-electron chi connectivity index (χ2n) is 7.65. The average molecular weight is 312 g/mol. The van der Waals surface area contributed by atoms with Gasteiger partial charge in [-0.15, -0.1) is 0 Å². The minimum atomic E-state index is -0.434. The van der Waals surface area contributed by atoms with Crippen molar-refractivity contribution in [3.05, 3.63) is 0 Å². The molecular formula is C17H32N2O3. The smallest absolute Gasteiger partial charge is 0.407 e. The topological polar surface area (TPSA) is 59.6 Å². The van der Waals surface area contributed by atoms with Crippen LogP contribution in [0.2, 0.25) is 0 Å². The van der Waals surface area contributed by atoms with Crippen molar-refractivity contribution in [1.82, 2.24) is 10.6 Å². The molecule has 0 saturated heterocycles. The summed E-state index contributed by atoms with van der Waals surface area (Å²) in [6.45, 7) is 8.96. The third-order valence-corrected chi connectivity index (χ3v) is 4.27. The Labute approximate surface area is 134 Å². The van der Waals surface area contributed by atoms with Crippen molar-refractivity contribution in [2.45, 2.75) is 64.5 Å². The molecule has 0 bridgehead atoms. The summed E-state index contributed by atoms with van der Waals surface area (Å²) in [6, 6.07) is 0.486. The zero-order valence-electron chi connectivity index (χ0n) is 14.3. The third-order valence-electron chi connectivity index (χ3n) is 4.27. The fourth-order valence-corrected chi connectivity index (χ4v) is 2.93. The highest BCUT2D eigenvalue weighted by Gasteiger charge is 2.28. The molecule has 5 nitrogen and oxygen atoms in total. The van der Waals surface area contributed by atoms with Crippen LogP contribution in [0, 0.1) is 11.8 Å². The molecule has 2 rings (SSSR count). The van der Waals surface area contributed by atoms with Crippen LogP contribution in [0.3, 0.4) is 0 Å². The molecule has 0 aromatic carbocycles. The van der Waals surface area contributed by atoms with Crippen molar-refractivity contribution >= 4 is 6.09 Å². The Kier molecular flexibility index (Phi) is 6.50. The van der Waals surface area contributed by atoms with E-state index in [0.717, 1.165) is 32.1 Å². The Morgan fingerprint density at radius 1 is 1.18 bits per heavy atom. The molecule has 0 aromatic heterocycles. The van der Waals surface area contributed by atoms with E-state index in [4.69, 9.17) is 9.47 Å². The van der Waals surface area contributed by atoms with Gasteiger partial charge in [-0.05, 0) is 58.3 Å². The minimum absolute atomic E-state index is 0.314. The van der Waals surface area contributed by atoms with Gasteiger partial charge in [0.05, 0.1) is 6.61 Å². The molecule has 2 fully saturated rings. The highest BCUT2D eigenvalue weighted by Crippen LogP contribution is 2.28. The predicted octanol–water partition coefficient (Wildman–Crippen LogP) is 2.70. The normalized spacial score (nSPS) is 25.2. The first-order valence-corrected chi connectivity index (χ1v) is 8.72. The van der Waals surface area contributed by atoms with E-state index in [1.165, 1.54) is 25.7 Å². The monoisotopic (exact) mass is 312 g/mol. The second kappa shape index (κ2) is 8.16. The van der Waals surface area contributed by atoms with Crippen LogP contribution in [-0.4, -0.2) is 44.0 Å². The van der Waals surface area contributed by atoms with Crippen molar-refractivity contribution in [1.29, 1.82) is 0 Å². The van der Waals surface area contributed by atoms with Crippen molar-refractivity contribution in [3.63, 3.8) is 0 Å². The molecule has 2 unspecified atom stereocenters. The highest BCUT2D eigenvalue weighted by molar-refractivity contribution is 5.67. The number of carbonyl (C=O) groups excluding carboxylic acids is 1. The molecule has 1 amide bonds. The summed E-state index contributed by atoms with van der Waals surface area (Å²) in [4.78, 5) is 11.7. The van der Waals surface area contributed by atoms with Gasteiger partial charge in [-0.3, -0.25) is 0 Å². The maximum absolute atomic E-state index is 11.7. The molecule has 2 N–H and O–H groups in total. The van der Waals surface area contributed by atoms with Gasteiger partial charge < -0.3 is 20.1 Å². The van der Waals surface area contributed by atoms with Crippen molar-refractivity contribution in [2.75, 3.05) is 26.3 Å². The fraction of sp³-hybridized carbons (Fsp3) is 0.941. The maximum Gasteiger partial charge on any atom is 0.407 e. The van der Waals surface area contributed by atoms with Crippen LogP contribution in [0.25, 0.3) is 0 Å². The van der Waals surface area contributed by atoms with Gasteiger partial charge in [-0.1, -0.05) is 6.42 Å². The Bertz CT molecular complexity index is 350. The lowest BCUT2D eigenvalue weighted by molar-refractivity contribution is 0.0516. The van der Waals surface area contributed by atoms with E-state index in [9.17, 15) is 4.79 Å². The van der Waals surface area contributed by atoms with E-state index in [0.29, 0.717) is 18.5 Å². The first-order valence-electron chi connectivity index (χ1n) is 8.72. The predicted molar refractivity (Wildman–Crippen MR) is 86.9 cm³/mol. The van der Waals surface area contributed by atoms with Gasteiger partial charge in [-0.2, -0.15) is 0 Å². The Hall–Kier alpha value is -0.810. The summed E-state index contributed by atoms with van der Waals surface area (Å²) in [5.41, 5.74) is -0.434. The number of hydrogen-bond acceptors (Lipinski definition) is 4. The molecular weight excluding hydrogens is 280 g/mol. The Balaban J connectivity index is 1.57. The summed E-state index contributed by atoms with van der Waals surface area (Å²) in [5.74, 6) is 1.33. The summed E-state index contributed by atoms with van der Waals surface area (Å²) < 4.78 is 10.9. The molecule has 2 aliphatic carbocycles. The molecule has 0 aromatic rings. The van der Waals surface area contributed by atoms with Crippen LogP contribution in [0.4, 0.5) is 4.79 Å². The molecule has 128 valence electrons. The molecule has 22 heavy (non-hydrogen) atoms. The zero-order chi connectivity index (χ0) is 16.0. The number of ether oxygens (including phenoxy) is 2. The Morgan fingerprint density at radius 3 is 2.64 bits per heavy atom. The van der Waals surface area contributed by atoms with Crippen LogP contribution >= 0.6 is 0 Å². The van der Waals surface area contributed by atoms with Crippen LogP contribution in [0.5, 0.6) is 0 Å². The number of carbonyl (C=O) groups is 1. The average Bonchev–Trinajstić information content (AvgIpc) is 3.12. The minimum Gasteiger partial charge on any atom is -0.444 e. The van der Waals surface area contributed by atoms with E-state index >= 15 is 0 Å². The SMILES string of the molecule is CC(C)(C)OC(=O)NCC1CCCC1NCCOCC1CC1. The van der Waals surface area contributed by atoms with Gasteiger partial charge in [-0.25, -0.2) is 4.79 Å². The molecule has 0 aliphatic heterocycles. The second-order valence-corrected chi connectivity index (χ2v) is 7.65. The van der Waals surface area contributed by atoms with E-state index < -0.39 is 5.60 Å². The lowest BCUT2D eigenvalue weighted by Crippen LogP contribution is -2.41. The summed E-state index contributed by atoms with van der Waals surface area (Å²) in [5, 5.41) is 6.48. The molecule has 5 heteroatoms. The van der Waals surface area contributed by atoms with Gasteiger partial charge >= 0.3 is 6.09 Å². The first-order chi connectivity index (χ1) is 10.4. The van der Waals surface area contributed by atoms with E-state index in [1.54, 1.807) is 0 Å². The van der Waals surface area contributed by atoms with Crippen LogP contribution < -0.4 is 10.6 Å². The first kappa shape index (κ1) is 17.5. The van der Waals surface area contributed by atoms with E-state index in [2.05, 4.69) is 10.6 Å². The quantitative estimate of drug-likeness (QED) is 0.677. The lowest BCUT2D eigenvalue weighted by atomic mass is 10.0. The van der Waals surface area contributed by atoms with Gasteiger partial charge in [0.25, 0.3) is 0 Å². The van der Waals surface area contributed by atoms with Crippen LogP contribution in [-0.2, 0) is 9.47 Å². The molecule has 0 spiro atoms. The largest absolute Gasteiger partial charge is 0.444 e. The summed E-state index contributed by atoms with van der Waals surface area (Å²) in [7, 11) is 0. The zero-order valence-corrected chi connectivity index (χ0v) is 14.3. The number of alkyl carbamates (subject to hydrolysis) is 1. The van der Waals surface area contributed by atoms with E-state index in [1.807, 2.05) is 20.8 Å². The molecule has 0 radical (unpaired) electrons. The number of nitrogens with one attached hydrogen (secondary N) is 2. The highest BCUT2D eigenvalue weighted by atomic mass is 16.6. The van der Waals surface area contributed by atoms with Crippen molar-refractivity contribution in [2.24, 2.45) is 11.8 Å². The van der Waals surface area contributed by atoms with Gasteiger partial charge in [0, 0.05) is 25.7 Å². The van der Waals surface area contributed by atoms with Crippen LogP contribution in [0.1, 0.15) is 52.9 Å². The molecule has 2 saturated carbocycles. The maximum atomic E-state index is 11.7. The van der Waals surface area contributed by atoms with Gasteiger partial charge in [0.2, 0.25) is 0 Å². The number of hydrogen-bond donors (Lipinski definition) is 2. The molecule has 2 atom stereocenters. The summed E-state index contributed by atoms with van der Waals surface area (Å²) in [6.07, 6.45) is 5.94. The Morgan fingerprint density at radius 2 is 1.95 bits per heavy atom.